The number of hydrogen-bond donors (Lipinski definition) is 1. The maximum atomic E-state index is 12.8. The van der Waals surface area contributed by atoms with Crippen molar-refractivity contribution in [3.63, 3.8) is 0 Å². The number of hydrogen-bond acceptors (Lipinski definition) is 3. The molecule has 0 bridgehead atoms. The van der Waals surface area contributed by atoms with E-state index in [0.717, 1.165) is 16.8 Å². The van der Waals surface area contributed by atoms with Crippen LogP contribution in [0.1, 0.15) is 11.1 Å². The van der Waals surface area contributed by atoms with Crippen LogP contribution in [0.4, 0.5) is 10.1 Å². The average Bonchev–Trinajstić information content (AvgIpc) is 2.57. The highest BCUT2D eigenvalue weighted by atomic mass is 19.1. The van der Waals surface area contributed by atoms with Gasteiger partial charge in [0.05, 0.1) is 6.42 Å². The largest absolute Gasteiger partial charge is 0.378 e. The maximum absolute atomic E-state index is 12.8. The molecule has 0 aliphatic heterocycles. The molecule has 0 aromatic heterocycles. The number of amides is 1. The second kappa shape index (κ2) is 8.62. The molecule has 124 valence electrons. The average molecular weight is 325 g/mol. The summed E-state index contributed by atoms with van der Waals surface area (Å²) in [5.41, 5.74) is 5.35. The Balaban J connectivity index is 1.79. The van der Waals surface area contributed by atoms with Gasteiger partial charge in [-0.05, 0) is 41.5 Å². The molecule has 1 amide bonds. The first-order valence-corrected chi connectivity index (χ1v) is 7.55. The molecule has 1 N–H and O–H groups in total. The van der Waals surface area contributed by atoms with Crippen molar-refractivity contribution in [2.24, 2.45) is 5.10 Å². The third-order valence-corrected chi connectivity index (χ3v) is 3.33. The second-order valence-electron chi connectivity index (χ2n) is 5.46. The van der Waals surface area contributed by atoms with Gasteiger partial charge >= 0.3 is 0 Å². The number of hydrazone groups is 1. The lowest BCUT2D eigenvalue weighted by Gasteiger charge is -2.11. The van der Waals surface area contributed by atoms with Gasteiger partial charge in [-0.3, -0.25) is 4.79 Å². The lowest BCUT2D eigenvalue weighted by molar-refractivity contribution is -0.120. The zero-order valence-electron chi connectivity index (χ0n) is 13.7. The molecular formula is C19H20FN3O. The summed E-state index contributed by atoms with van der Waals surface area (Å²) in [6, 6.07) is 13.9. The van der Waals surface area contributed by atoms with Crippen LogP contribution in [0.25, 0.3) is 6.08 Å². The van der Waals surface area contributed by atoms with E-state index in [1.165, 1.54) is 18.3 Å². The van der Waals surface area contributed by atoms with Crippen LogP contribution in [-0.2, 0) is 11.2 Å². The third kappa shape index (κ3) is 5.68. The van der Waals surface area contributed by atoms with Crippen LogP contribution in [0.15, 0.2) is 59.7 Å². The summed E-state index contributed by atoms with van der Waals surface area (Å²) in [6.45, 7) is 0. The summed E-state index contributed by atoms with van der Waals surface area (Å²) in [6.07, 6.45) is 5.33. The number of nitrogens with zero attached hydrogens (tertiary/aromatic N) is 2. The highest BCUT2D eigenvalue weighted by Crippen LogP contribution is 2.12. The van der Waals surface area contributed by atoms with Gasteiger partial charge in [0.2, 0.25) is 5.91 Å². The van der Waals surface area contributed by atoms with E-state index < -0.39 is 0 Å². The summed E-state index contributed by atoms with van der Waals surface area (Å²) < 4.78 is 12.8. The predicted molar refractivity (Wildman–Crippen MR) is 96.5 cm³/mol. The monoisotopic (exact) mass is 325 g/mol. The minimum atomic E-state index is -0.319. The van der Waals surface area contributed by atoms with E-state index in [2.05, 4.69) is 10.5 Å². The van der Waals surface area contributed by atoms with Gasteiger partial charge in [-0.1, -0.05) is 30.3 Å². The molecule has 24 heavy (non-hydrogen) atoms. The van der Waals surface area contributed by atoms with Crippen LogP contribution < -0.4 is 10.3 Å². The smallest absolute Gasteiger partial charge is 0.244 e. The fourth-order valence-electron chi connectivity index (χ4n) is 2.02. The van der Waals surface area contributed by atoms with Crippen LogP contribution in [-0.4, -0.2) is 26.2 Å². The first-order chi connectivity index (χ1) is 11.5. The van der Waals surface area contributed by atoms with E-state index in [-0.39, 0.29) is 18.1 Å². The first-order valence-electron chi connectivity index (χ1n) is 7.55. The summed E-state index contributed by atoms with van der Waals surface area (Å²) in [5, 5.41) is 3.85. The Morgan fingerprint density at radius 1 is 1.12 bits per heavy atom. The molecule has 4 nitrogen and oxygen atoms in total. The molecule has 2 aromatic carbocycles. The molecule has 0 atom stereocenters. The SMILES string of the molecule is CN(C)c1ccc(/C=C/C=N/NC(=O)Cc2ccc(F)cc2)cc1. The lowest BCUT2D eigenvalue weighted by Crippen LogP contribution is -2.19. The van der Waals surface area contributed by atoms with Crippen molar-refractivity contribution in [3.05, 3.63) is 71.6 Å². The number of anilines is 1. The molecular weight excluding hydrogens is 305 g/mol. The zero-order chi connectivity index (χ0) is 17.4. The van der Waals surface area contributed by atoms with Crippen molar-refractivity contribution >= 4 is 23.9 Å². The molecule has 0 saturated carbocycles. The zero-order valence-corrected chi connectivity index (χ0v) is 13.7. The molecule has 0 heterocycles. The van der Waals surface area contributed by atoms with E-state index in [9.17, 15) is 9.18 Å². The quantitative estimate of drug-likeness (QED) is 0.654. The van der Waals surface area contributed by atoms with Crippen molar-refractivity contribution < 1.29 is 9.18 Å². The van der Waals surface area contributed by atoms with E-state index in [1.54, 1.807) is 18.2 Å². The van der Waals surface area contributed by atoms with Crippen molar-refractivity contribution in [2.45, 2.75) is 6.42 Å². The number of carbonyl (C=O) groups is 1. The molecule has 2 rings (SSSR count). The molecule has 0 saturated heterocycles. The number of allylic oxidation sites excluding steroid dienone is 1. The fraction of sp³-hybridized carbons (Fsp3) is 0.158. The van der Waals surface area contributed by atoms with Crippen molar-refractivity contribution in [1.82, 2.24) is 5.43 Å². The van der Waals surface area contributed by atoms with E-state index >= 15 is 0 Å². The molecule has 0 aliphatic rings. The Morgan fingerprint density at radius 2 is 1.79 bits per heavy atom. The van der Waals surface area contributed by atoms with Gasteiger partial charge in [-0.15, -0.1) is 0 Å². The minimum Gasteiger partial charge on any atom is -0.378 e. The Hall–Kier alpha value is -2.95. The standard InChI is InChI=1S/C19H20FN3O/c1-23(2)18-11-7-15(8-12-18)4-3-13-21-22-19(24)14-16-5-9-17(20)10-6-16/h3-13H,14H2,1-2H3,(H,22,24)/b4-3+,21-13+. The normalized spacial score (nSPS) is 11.1. The second-order valence-corrected chi connectivity index (χ2v) is 5.46. The summed E-state index contributed by atoms with van der Waals surface area (Å²) >= 11 is 0. The van der Waals surface area contributed by atoms with Crippen LogP contribution in [0.2, 0.25) is 0 Å². The van der Waals surface area contributed by atoms with Crippen LogP contribution >= 0.6 is 0 Å². The minimum absolute atomic E-state index is 0.160. The Labute approximate surface area is 141 Å². The van der Waals surface area contributed by atoms with Gasteiger partial charge in [0.25, 0.3) is 0 Å². The summed E-state index contributed by atoms with van der Waals surface area (Å²) in [7, 11) is 3.98. The Morgan fingerprint density at radius 3 is 2.42 bits per heavy atom. The Bertz CT molecular complexity index is 719. The predicted octanol–water partition coefficient (Wildman–Crippen LogP) is 3.25. The molecule has 0 aliphatic carbocycles. The molecule has 0 unspecified atom stereocenters. The van der Waals surface area contributed by atoms with Crippen molar-refractivity contribution in [1.29, 1.82) is 0 Å². The maximum Gasteiger partial charge on any atom is 0.244 e. The Kier molecular flexibility index (Phi) is 6.25. The molecule has 0 spiro atoms. The summed E-state index contributed by atoms with van der Waals surface area (Å²) in [5.74, 6) is -0.567. The highest BCUT2D eigenvalue weighted by molar-refractivity contribution is 5.82. The number of benzene rings is 2. The van der Waals surface area contributed by atoms with Gasteiger partial charge < -0.3 is 4.90 Å². The van der Waals surface area contributed by atoms with Crippen molar-refractivity contribution in [3.8, 4) is 0 Å². The third-order valence-electron chi connectivity index (χ3n) is 3.33. The van der Waals surface area contributed by atoms with E-state index in [4.69, 9.17) is 0 Å². The summed E-state index contributed by atoms with van der Waals surface area (Å²) in [4.78, 5) is 13.7. The molecule has 5 heteroatoms. The van der Waals surface area contributed by atoms with E-state index in [0.29, 0.717) is 0 Å². The number of carbonyl (C=O) groups excluding carboxylic acids is 1. The first kappa shape index (κ1) is 17.4. The number of nitrogens with one attached hydrogen (secondary N) is 1. The molecule has 0 fully saturated rings. The number of rotatable bonds is 6. The van der Waals surface area contributed by atoms with Gasteiger partial charge in [-0.2, -0.15) is 5.10 Å². The van der Waals surface area contributed by atoms with Crippen LogP contribution in [0.5, 0.6) is 0 Å². The fourth-order valence-corrected chi connectivity index (χ4v) is 2.02. The highest BCUT2D eigenvalue weighted by Gasteiger charge is 2.01. The van der Waals surface area contributed by atoms with Gasteiger partial charge in [0.1, 0.15) is 5.82 Å². The molecule has 2 aromatic rings. The van der Waals surface area contributed by atoms with Gasteiger partial charge in [-0.25, -0.2) is 9.82 Å². The van der Waals surface area contributed by atoms with Crippen molar-refractivity contribution in [2.75, 3.05) is 19.0 Å². The topological polar surface area (TPSA) is 44.7 Å². The lowest BCUT2D eigenvalue weighted by atomic mass is 10.1. The van der Waals surface area contributed by atoms with E-state index in [1.807, 2.05) is 49.3 Å². The number of halogens is 1. The molecule has 0 radical (unpaired) electrons. The van der Waals surface area contributed by atoms with Gasteiger partial charge in [0, 0.05) is 26.0 Å². The van der Waals surface area contributed by atoms with Gasteiger partial charge in [0.15, 0.2) is 0 Å². The van der Waals surface area contributed by atoms with Crippen LogP contribution in [0, 0.1) is 5.82 Å². The van der Waals surface area contributed by atoms with Crippen LogP contribution in [0.3, 0.4) is 0 Å².